The molecule has 1 aliphatic heterocycles. The molecule has 29 heavy (non-hydrogen) atoms. The first kappa shape index (κ1) is 21.2. The fourth-order valence-corrected chi connectivity index (χ4v) is 3.94. The first-order valence-corrected chi connectivity index (χ1v) is 11.5. The highest BCUT2D eigenvalue weighted by Crippen LogP contribution is 2.31. The zero-order chi connectivity index (χ0) is 21.3. The van der Waals surface area contributed by atoms with Gasteiger partial charge in [0.2, 0.25) is 0 Å². The van der Waals surface area contributed by atoms with Crippen molar-refractivity contribution in [1.29, 1.82) is 0 Å². The molecular formula is C22H27NO5S. The predicted molar refractivity (Wildman–Crippen MR) is 111 cm³/mol. The number of ether oxygens (including phenoxy) is 2. The van der Waals surface area contributed by atoms with Gasteiger partial charge >= 0.3 is 0 Å². The van der Waals surface area contributed by atoms with Crippen molar-refractivity contribution in [3.05, 3.63) is 53.1 Å². The summed E-state index contributed by atoms with van der Waals surface area (Å²) < 4.78 is 35.5. The van der Waals surface area contributed by atoms with Gasteiger partial charge in [0.25, 0.3) is 5.91 Å². The summed E-state index contributed by atoms with van der Waals surface area (Å²) in [5.74, 6) is 0.904. The standard InChI is InChI=1S/C22H27NO5S/c1-14(2)27-18-7-6-16-12-23(13-17(16)10-18)22(24)20-11-19(29(5,25)26)8-9-21(20)28-15(3)4/h6-11,14-15H,12-13H2,1-5H3. The minimum Gasteiger partial charge on any atom is -0.491 e. The highest BCUT2D eigenvalue weighted by Gasteiger charge is 2.28. The van der Waals surface area contributed by atoms with Gasteiger partial charge in [-0.15, -0.1) is 0 Å². The van der Waals surface area contributed by atoms with Crippen molar-refractivity contribution in [2.45, 2.75) is 57.9 Å². The number of rotatable bonds is 6. The summed E-state index contributed by atoms with van der Waals surface area (Å²) in [6.07, 6.45) is 1.06. The summed E-state index contributed by atoms with van der Waals surface area (Å²) >= 11 is 0. The molecule has 0 saturated heterocycles. The van der Waals surface area contributed by atoms with Gasteiger partial charge in [0, 0.05) is 19.3 Å². The molecule has 0 aliphatic carbocycles. The minimum atomic E-state index is -3.44. The van der Waals surface area contributed by atoms with Crippen LogP contribution in [-0.2, 0) is 22.9 Å². The van der Waals surface area contributed by atoms with E-state index >= 15 is 0 Å². The molecule has 0 unspecified atom stereocenters. The molecule has 1 amide bonds. The summed E-state index contributed by atoms with van der Waals surface area (Å²) in [5.41, 5.74) is 2.34. The molecule has 156 valence electrons. The summed E-state index contributed by atoms with van der Waals surface area (Å²) in [6, 6.07) is 10.3. The first-order chi connectivity index (χ1) is 13.5. The molecule has 0 bridgehead atoms. The smallest absolute Gasteiger partial charge is 0.258 e. The molecule has 2 aromatic rings. The van der Waals surface area contributed by atoms with Crippen LogP contribution in [0, 0.1) is 0 Å². The fraction of sp³-hybridized carbons (Fsp3) is 0.409. The molecule has 6 nitrogen and oxygen atoms in total. The minimum absolute atomic E-state index is 0.0710. The Bertz CT molecular complexity index is 1030. The molecule has 0 N–H and O–H groups in total. The van der Waals surface area contributed by atoms with E-state index in [-0.39, 0.29) is 28.6 Å². The molecule has 3 rings (SSSR count). The van der Waals surface area contributed by atoms with Crippen LogP contribution in [0.25, 0.3) is 0 Å². The summed E-state index contributed by atoms with van der Waals surface area (Å²) in [4.78, 5) is 15.1. The van der Waals surface area contributed by atoms with E-state index in [1.807, 2.05) is 45.9 Å². The van der Waals surface area contributed by atoms with Crippen molar-refractivity contribution in [1.82, 2.24) is 4.90 Å². The van der Waals surface area contributed by atoms with Gasteiger partial charge in [-0.1, -0.05) is 6.07 Å². The van der Waals surface area contributed by atoms with E-state index in [0.717, 1.165) is 23.1 Å². The number of carbonyl (C=O) groups is 1. The number of hydrogen-bond acceptors (Lipinski definition) is 5. The van der Waals surface area contributed by atoms with E-state index in [4.69, 9.17) is 9.47 Å². The molecule has 0 saturated carbocycles. The number of sulfone groups is 1. The highest BCUT2D eigenvalue weighted by atomic mass is 32.2. The second-order valence-electron chi connectivity index (χ2n) is 7.86. The largest absolute Gasteiger partial charge is 0.491 e. The number of benzene rings is 2. The average molecular weight is 418 g/mol. The van der Waals surface area contributed by atoms with Gasteiger partial charge in [-0.2, -0.15) is 0 Å². The molecule has 0 radical (unpaired) electrons. The van der Waals surface area contributed by atoms with Crippen LogP contribution in [0.15, 0.2) is 41.3 Å². The maximum absolute atomic E-state index is 13.3. The van der Waals surface area contributed by atoms with Crippen molar-refractivity contribution in [3.63, 3.8) is 0 Å². The monoisotopic (exact) mass is 417 g/mol. The van der Waals surface area contributed by atoms with Crippen LogP contribution in [0.5, 0.6) is 11.5 Å². The topological polar surface area (TPSA) is 72.9 Å². The van der Waals surface area contributed by atoms with E-state index in [0.29, 0.717) is 18.8 Å². The van der Waals surface area contributed by atoms with Gasteiger partial charge in [0.05, 0.1) is 22.7 Å². The zero-order valence-electron chi connectivity index (χ0n) is 17.4. The van der Waals surface area contributed by atoms with Crippen LogP contribution in [0.2, 0.25) is 0 Å². The maximum atomic E-state index is 13.3. The van der Waals surface area contributed by atoms with Crippen LogP contribution >= 0.6 is 0 Å². The average Bonchev–Trinajstić information content (AvgIpc) is 3.02. The Kier molecular flexibility index (Phi) is 5.89. The number of hydrogen-bond donors (Lipinski definition) is 0. The second kappa shape index (κ2) is 8.06. The zero-order valence-corrected chi connectivity index (χ0v) is 18.2. The lowest BCUT2D eigenvalue weighted by atomic mass is 10.1. The lowest BCUT2D eigenvalue weighted by Crippen LogP contribution is -2.26. The van der Waals surface area contributed by atoms with Crippen molar-refractivity contribution in [3.8, 4) is 11.5 Å². The lowest BCUT2D eigenvalue weighted by molar-refractivity contribution is 0.0744. The van der Waals surface area contributed by atoms with Crippen LogP contribution in [-0.4, -0.2) is 37.7 Å². The molecule has 0 fully saturated rings. The first-order valence-electron chi connectivity index (χ1n) is 9.63. The fourth-order valence-electron chi connectivity index (χ4n) is 3.29. The predicted octanol–water partition coefficient (Wildman–Crippen LogP) is 3.82. The van der Waals surface area contributed by atoms with Crippen molar-refractivity contribution in [2.24, 2.45) is 0 Å². The summed E-state index contributed by atoms with van der Waals surface area (Å²) in [7, 11) is -3.44. The third kappa shape index (κ3) is 4.90. The van der Waals surface area contributed by atoms with Crippen molar-refractivity contribution >= 4 is 15.7 Å². The normalized spacial score (nSPS) is 13.7. The molecule has 1 aliphatic rings. The van der Waals surface area contributed by atoms with E-state index in [1.165, 1.54) is 12.1 Å². The Morgan fingerprint density at radius 2 is 1.59 bits per heavy atom. The van der Waals surface area contributed by atoms with E-state index in [2.05, 4.69) is 0 Å². The quantitative estimate of drug-likeness (QED) is 0.714. The van der Waals surface area contributed by atoms with E-state index in [9.17, 15) is 13.2 Å². The van der Waals surface area contributed by atoms with Gasteiger partial charge in [-0.3, -0.25) is 4.79 Å². The van der Waals surface area contributed by atoms with Gasteiger partial charge in [-0.05, 0) is 69.2 Å². The highest BCUT2D eigenvalue weighted by molar-refractivity contribution is 7.90. The second-order valence-corrected chi connectivity index (χ2v) is 9.87. The Balaban J connectivity index is 1.91. The van der Waals surface area contributed by atoms with Crippen LogP contribution in [0.1, 0.15) is 49.2 Å². The van der Waals surface area contributed by atoms with Gasteiger partial charge in [-0.25, -0.2) is 8.42 Å². The molecule has 1 heterocycles. The Labute approximate surface area is 172 Å². The molecule has 2 aromatic carbocycles. The van der Waals surface area contributed by atoms with Crippen LogP contribution < -0.4 is 9.47 Å². The van der Waals surface area contributed by atoms with E-state index in [1.54, 1.807) is 11.0 Å². The summed E-state index contributed by atoms with van der Waals surface area (Å²) in [5, 5.41) is 0. The summed E-state index contributed by atoms with van der Waals surface area (Å²) in [6.45, 7) is 8.55. The number of carbonyl (C=O) groups excluding carboxylic acids is 1. The molecular weight excluding hydrogens is 390 g/mol. The molecule has 0 aromatic heterocycles. The molecule has 0 spiro atoms. The molecule has 0 atom stereocenters. The number of fused-ring (bicyclic) bond motifs is 1. The van der Waals surface area contributed by atoms with Crippen LogP contribution in [0.4, 0.5) is 0 Å². The lowest BCUT2D eigenvalue weighted by Gasteiger charge is -2.20. The van der Waals surface area contributed by atoms with Crippen molar-refractivity contribution < 1.29 is 22.7 Å². The van der Waals surface area contributed by atoms with Crippen LogP contribution in [0.3, 0.4) is 0 Å². The van der Waals surface area contributed by atoms with Gasteiger partial charge in [0.1, 0.15) is 11.5 Å². The Morgan fingerprint density at radius 1 is 0.931 bits per heavy atom. The van der Waals surface area contributed by atoms with E-state index < -0.39 is 9.84 Å². The van der Waals surface area contributed by atoms with Crippen molar-refractivity contribution in [2.75, 3.05) is 6.26 Å². The Hall–Kier alpha value is -2.54. The maximum Gasteiger partial charge on any atom is 0.258 e. The number of amides is 1. The number of nitrogens with zero attached hydrogens (tertiary/aromatic N) is 1. The van der Waals surface area contributed by atoms with Gasteiger partial charge < -0.3 is 14.4 Å². The SMILES string of the molecule is CC(C)Oc1ccc2c(c1)CN(C(=O)c1cc(S(C)(=O)=O)ccc1OC(C)C)C2. The van der Waals surface area contributed by atoms with Gasteiger partial charge in [0.15, 0.2) is 9.84 Å². The molecule has 7 heteroatoms. The third-order valence-corrected chi connectivity index (χ3v) is 5.64. The third-order valence-electron chi connectivity index (χ3n) is 4.53. The Morgan fingerprint density at radius 3 is 2.21 bits per heavy atom.